The lowest BCUT2D eigenvalue weighted by atomic mass is 9.86. The minimum Gasteiger partial charge on any atom is -0.466 e. The maximum Gasteiger partial charge on any atom is 0.310 e. The average molecular weight is 402 g/mol. The summed E-state index contributed by atoms with van der Waals surface area (Å²) in [6, 6.07) is 0. The van der Waals surface area contributed by atoms with Crippen LogP contribution in [0.25, 0.3) is 0 Å². The van der Waals surface area contributed by atoms with Crippen molar-refractivity contribution in [3.05, 3.63) is 0 Å². The smallest absolute Gasteiger partial charge is 0.310 e. The van der Waals surface area contributed by atoms with Gasteiger partial charge in [-0.3, -0.25) is 19.2 Å². The van der Waals surface area contributed by atoms with E-state index < -0.39 is 35.7 Å². The highest BCUT2D eigenvalue weighted by molar-refractivity contribution is 5.88. The Kier molecular flexibility index (Phi) is 14.7. The molecule has 2 atom stereocenters. The molecule has 0 amide bonds. The Labute approximate surface area is 167 Å². The highest BCUT2D eigenvalue weighted by atomic mass is 16.5. The number of esters is 4. The van der Waals surface area contributed by atoms with Gasteiger partial charge >= 0.3 is 23.9 Å². The lowest BCUT2D eigenvalue weighted by Crippen LogP contribution is -2.36. The van der Waals surface area contributed by atoms with Crippen LogP contribution in [0.3, 0.4) is 0 Å². The van der Waals surface area contributed by atoms with Gasteiger partial charge in [-0.2, -0.15) is 0 Å². The third-order valence-electron chi connectivity index (χ3n) is 3.70. The molecule has 0 spiro atoms. The summed E-state index contributed by atoms with van der Waals surface area (Å²) in [4.78, 5) is 49.3. The second kappa shape index (κ2) is 15.9. The minimum atomic E-state index is -1.17. The van der Waals surface area contributed by atoms with Crippen molar-refractivity contribution in [1.29, 1.82) is 0 Å². The fraction of sp³-hybridized carbons (Fsp3) is 0.800. The first kappa shape index (κ1) is 25.9. The normalized spacial score (nSPS) is 12.6. The van der Waals surface area contributed by atoms with Crippen LogP contribution >= 0.6 is 0 Å². The van der Waals surface area contributed by atoms with Gasteiger partial charge in [0, 0.05) is 0 Å². The zero-order valence-corrected chi connectivity index (χ0v) is 17.5. The Morgan fingerprint density at radius 3 is 1.11 bits per heavy atom. The molecular weight excluding hydrogens is 368 g/mol. The first-order valence-electron chi connectivity index (χ1n) is 10.1. The van der Waals surface area contributed by atoms with E-state index >= 15 is 0 Å². The molecular formula is C20H34O8. The summed E-state index contributed by atoms with van der Waals surface area (Å²) < 4.78 is 20.4. The summed E-state index contributed by atoms with van der Waals surface area (Å²) in [6.45, 7) is 8.05. The Morgan fingerprint density at radius 1 is 0.536 bits per heavy atom. The van der Waals surface area contributed by atoms with E-state index in [2.05, 4.69) is 0 Å². The summed E-state index contributed by atoms with van der Waals surface area (Å²) in [6.07, 6.45) is 1.69. The third-order valence-corrected chi connectivity index (χ3v) is 3.70. The van der Waals surface area contributed by atoms with Crippen molar-refractivity contribution in [1.82, 2.24) is 0 Å². The summed E-state index contributed by atoms with van der Waals surface area (Å²) in [7, 11) is 0. The van der Waals surface area contributed by atoms with Crippen LogP contribution in [0.15, 0.2) is 0 Å². The number of carbonyl (C=O) groups excluding carboxylic acids is 4. The lowest BCUT2D eigenvalue weighted by Gasteiger charge is -2.23. The van der Waals surface area contributed by atoms with Crippen LogP contribution in [0.4, 0.5) is 0 Å². The topological polar surface area (TPSA) is 105 Å². The standard InChI is InChI=1S/C20H34O8/c1-5-9-25-17(21)13-15(19(23)27-11-7-3)16(20(24)28-12-8-4)14-18(22)26-10-6-2/h15-16H,5-14H2,1-4H3. The summed E-state index contributed by atoms with van der Waals surface area (Å²) >= 11 is 0. The number of hydrogen-bond donors (Lipinski definition) is 0. The largest absolute Gasteiger partial charge is 0.466 e. The van der Waals surface area contributed by atoms with Gasteiger partial charge in [0.15, 0.2) is 0 Å². The maximum atomic E-state index is 12.5. The first-order valence-corrected chi connectivity index (χ1v) is 10.1. The molecule has 0 aromatic heterocycles. The molecule has 2 unspecified atom stereocenters. The van der Waals surface area contributed by atoms with Crippen LogP contribution < -0.4 is 0 Å². The van der Waals surface area contributed by atoms with Gasteiger partial charge in [-0.25, -0.2) is 0 Å². The highest BCUT2D eigenvalue weighted by Crippen LogP contribution is 2.25. The van der Waals surface area contributed by atoms with Gasteiger partial charge in [0.2, 0.25) is 0 Å². The summed E-state index contributed by atoms with van der Waals surface area (Å²) in [5.41, 5.74) is 0. The van der Waals surface area contributed by atoms with E-state index in [1.165, 1.54) is 0 Å². The van der Waals surface area contributed by atoms with Gasteiger partial charge in [0.05, 0.1) is 51.1 Å². The van der Waals surface area contributed by atoms with Gasteiger partial charge in [0.1, 0.15) is 0 Å². The van der Waals surface area contributed by atoms with E-state index in [1.54, 1.807) is 0 Å². The van der Waals surface area contributed by atoms with Gasteiger partial charge in [-0.15, -0.1) is 0 Å². The Balaban J connectivity index is 5.48. The third kappa shape index (κ3) is 10.9. The molecule has 0 saturated carbocycles. The Hall–Kier alpha value is -2.12. The van der Waals surface area contributed by atoms with Crippen molar-refractivity contribution >= 4 is 23.9 Å². The van der Waals surface area contributed by atoms with E-state index in [0.29, 0.717) is 25.7 Å². The zero-order chi connectivity index (χ0) is 21.4. The number of carbonyl (C=O) groups is 4. The molecule has 0 aliphatic heterocycles. The van der Waals surface area contributed by atoms with Crippen LogP contribution in [-0.4, -0.2) is 50.3 Å². The molecule has 0 aromatic rings. The van der Waals surface area contributed by atoms with Crippen molar-refractivity contribution < 1.29 is 38.1 Å². The molecule has 28 heavy (non-hydrogen) atoms. The molecule has 0 radical (unpaired) electrons. The second-order valence-corrected chi connectivity index (χ2v) is 6.40. The molecule has 0 aliphatic rings. The summed E-state index contributed by atoms with van der Waals surface area (Å²) in [5.74, 6) is -5.05. The van der Waals surface area contributed by atoms with E-state index in [1.807, 2.05) is 27.7 Å². The van der Waals surface area contributed by atoms with Gasteiger partial charge in [-0.05, 0) is 25.7 Å². The van der Waals surface area contributed by atoms with E-state index in [4.69, 9.17) is 18.9 Å². The van der Waals surface area contributed by atoms with Crippen LogP contribution in [0.2, 0.25) is 0 Å². The Morgan fingerprint density at radius 2 is 0.821 bits per heavy atom. The molecule has 0 rings (SSSR count). The molecule has 8 heteroatoms. The minimum absolute atomic E-state index is 0.149. The molecule has 0 fully saturated rings. The molecule has 0 aliphatic carbocycles. The number of rotatable bonds is 15. The maximum absolute atomic E-state index is 12.5. The molecule has 0 aromatic carbocycles. The Bertz CT molecular complexity index is 445. The van der Waals surface area contributed by atoms with Gasteiger partial charge in [0.25, 0.3) is 0 Å². The number of ether oxygens (including phenoxy) is 4. The SMILES string of the molecule is CCCOC(=O)CC(C(=O)OCCC)C(CC(=O)OCCC)C(=O)OCCC. The number of hydrogen-bond acceptors (Lipinski definition) is 8. The molecule has 0 N–H and O–H groups in total. The van der Waals surface area contributed by atoms with Gasteiger partial charge in [-0.1, -0.05) is 27.7 Å². The second-order valence-electron chi connectivity index (χ2n) is 6.40. The quantitative estimate of drug-likeness (QED) is 0.304. The van der Waals surface area contributed by atoms with Crippen molar-refractivity contribution in [2.24, 2.45) is 11.8 Å². The van der Waals surface area contributed by atoms with E-state index in [0.717, 1.165) is 0 Å². The molecule has 8 nitrogen and oxygen atoms in total. The highest BCUT2D eigenvalue weighted by Gasteiger charge is 2.39. The molecule has 0 bridgehead atoms. The van der Waals surface area contributed by atoms with Crippen LogP contribution in [0, 0.1) is 11.8 Å². The van der Waals surface area contributed by atoms with Crippen LogP contribution in [0.5, 0.6) is 0 Å². The first-order chi connectivity index (χ1) is 13.4. The predicted octanol–water partition coefficient (Wildman–Crippen LogP) is 2.81. The average Bonchev–Trinajstić information content (AvgIpc) is 2.69. The van der Waals surface area contributed by atoms with E-state index in [-0.39, 0.29) is 39.3 Å². The van der Waals surface area contributed by atoms with Crippen molar-refractivity contribution in [3.63, 3.8) is 0 Å². The van der Waals surface area contributed by atoms with Gasteiger partial charge < -0.3 is 18.9 Å². The zero-order valence-electron chi connectivity index (χ0n) is 17.5. The molecule has 0 saturated heterocycles. The predicted molar refractivity (Wildman–Crippen MR) is 101 cm³/mol. The molecule has 162 valence electrons. The van der Waals surface area contributed by atoms with Crippen LogP contribution in [0.1, 0.15) is 66.2 Å². The van der Waals surface area contributed by atoms with Crippen LogP contribution in [-0.2, 0) is 38.1 Å². The fourth-order valence-electron chi connectivity index (χ4n) is 2.31. The van der Waals surface area contributed by atoms with Crippen molar-refractivity contribution in [3.8, 4) is 0 Å². The lowest BCUT2D eigenvalue weighted by molar-refractivity contribution is -0.167. The summed E-state index contributed by atoms with van der Waals surface area (Å²) in [5, 5.41) is 0. The monoisotopic (exact) mass is 402 g/mol. The van der Waals surface area contributed by atoms with Crippen molar-refractivity contribution in [2.45, 2.75) is 66.2 Å². The van der Waals surface area contributed by atoms with E-state index in [9.17, 15) is 19.2 Å². The van der Waals surface area contributed by atoms with Crippen molar-refractivity contribution in [2.75, 3.05) is 26.4 Å². The fourth-order valence-corrected chi connectivity index (χ4v) is 2.31. The molecule has 0 heterocycles.